The van der Waals surface area contributed by atoms with Gasteiger partial charge in [0, 0.05) is 6.04 Å². The average Bonchev–Trinajstić information content (AvgIpc) is 2.75. The molecular formula is C13H13ClN2O3. The molecule has 0 aromatic heterocycles. The Morgan fingerprint density at radius 3 is 2.68 bits per heavy atom. The molecule has 0 bridgehead atoms. The van der Waals surface area contributed by atoms with E-state index in [0.717, 1.165) is 0 Å². The van der Waals surface area contributed by atoms with E-state index in [-0.39, 0.29) is 34.1 Å². The fraction of sp³-hybridized carbons (Fsp3) is 0.231. The molecule has 0 saturated heterocycles. The van der Waals surface area contributed by atoms with E-state index in [1.54, 1.807) is 18.2 Å². The molecule has 2 unspecified atom stereocenters. The third kappa shape index (κ3) is 2.94. The van der Waals surface area contributed by atoms with E-state index in [1.807, 2.05) is 0 Å². The smallest absolute Gasteiger partial charge is 0.339 e. The normalized spacial score (nSPS) is 21.4. The molecule has 1 aromatic carbocycles. The predicted octanol–water partition coefficient (Wildman–Crippen LogP) is 1.88. The molecule has 0 aliphatic heterocycles. The lowest BCUT2D eigenvalue weighted by Gasteiger charge is -2.13. The Morgan fingerprint density at radius 2 is 2.11 bits per heavy atom. The molecule has 2 atom stereocenters. The lowest BCUT2D eigenvalue weighted by molar-refractivity contribution is -0.118. The Balaban J connectivity index is 2.20. The van der Waals surface area contributed by atoms with Gasteiger partial charge in [-0.15, -0.1) is 0 Å². The van der Waals surface area contributed by atoms with E-state index in [4.69, 9.17) is 22.4 Å². The number of nitrogens with two attached hydrogens (primary N) is 1. The van der Waals surface area contributed by atoms with E-state index in [2.05, 4.69) is 5.32 Å². The van der Waals surface area contributed by atoms with Crippen molar-refractivity contribution >= 4 is 29.2 Å². The maximum atomic E-state index is 12.0. The van der Waals surface area contributed by atoms with Crippen LogP contribution in [0.4, 0.5) is 5.69 Å². The number of nitrogens with one attached hydrogen (secondary N) is 1. The number of anilines is 1. The summed E-state index contributed by atoms with van der Waals surface area (Å²) in [5.41, 5.74) is 5.76. The number of carbonyl (C=O) groups is 2. The second-order valence-corrected chi connectivity index (χ2v) is 4.75. The van der Waals surface area contributed by atoms with Crippen molar-refractivity contribution < 1.29 is 14.7 Å². The molecule has 0 saturated carbocycles. The molecule has 0 radical (unpaired) electrons. The zero-order chi connectivity index (χ0) is 14.0. The molecule has 1 aromatic rings. The quantitative estimate of drug-likeness (QED) is 0.737. The number of halogens is 1. The van der Waals surface area contributed by atoms with Gasteiger partial charge in [0.05, 0.1) is 16.6 Å². The molecule has 2 rings (SSSR count). The first-order chi connectivity index (χ1) is 8.99. The lowest BCUT2D eigenvalue weighted by atomic mass is 10.1. The summed E-state index contributed by atoms with van der Waals surface area (Å²) in [5, 5.41) is 11.8. The Morgan fingerprint density at radius 1 is 1.37 bits per heavy atom. The maximum Gasteiger partial charge on any atom is 0.339 e. The van der Waals surface area contributed by atoms with Crippen LogP contribution in [0.25, 0.3) is 0 Å². The second kappa shape index (κ2) is 5.42. The highest BCUT2D eigenvalue weighted by Gasteiger charge is 2.24. The molecular weight excluding hydrogens is 268 g/mol. The van der Waals surface area contributed by atoms with Crippen molar-refractivity contribution in [2.24, 2.45) is 11.7 Å². The standard InChI is InChI=1S/C13H13ClN2O3/c14-9-2-1-3-10(11(9)13(18)19)16-12(17)7-4-5-8(15)6-7/h1-5,7-8H,6,15H2,(H,16,17)(H,18,19). The molecule has 1 aliphatic carbocycles. The Bertz CT molecular complexity index is 557. The molecule has 0 fully saturated rings. The fourth-order valence-corrected chi connectivity index (χ4v) is 2.25. The van der Waals surface area contributed by atoms with E-state index in [9.17, 15) is 9.59 Å². The monoisotopic (exact) mass is 280 g/mol. The van der Waals surface area contributed by atoms with Crippen molar-refractivity contribution in [1.29, 1.82) is 0 Å². The van der Waals surface area contributed by atoms with Gasteiger partial charge in [-0.05, 0) is 18.6 Å². The van der Waals surface area contributed by atoms with Crippen LogP contribution in [-0.2, 0) is 4.79 Å². The first-order valence-corrected chi connectivity index (χ1v) is 6.13. The van der Waals surface area contributed by atoms with Crippen LogP contribution < -0.4 is 11.1 Å². The largest absolute Gasteiger partial charge is 0.478 e. The van der Waals surface area contributed by atoms with Gasteiger partial charge < -0.3 is 16.2 Å². The minimum absolute atomic E-state index is 0.0870. The Labute approximate surface area is 115 Å². The van der Waals surface area contributed by atoms with Crippen molar-refractivity contribution in [3.05, 3.63) is 40.9 Å². The van der Waals surface area contributed by atoms with E-state index >= 15 is 0 Å². The Kier molecular flexibility index (Phi) is 3.87. The number of amides is 1. The summed E-state index contributed by atoms with van der Waals surface area (Å²) < 4.78 is 0. The van der Waals surface area contributed by atoms with Gasteiger partial charge >= 0.3 is 5.97 Å². The molecule has 1 amide bonds. The topological polar surface area (TPSA) is 92.4 Å². The molecule has 0 heterocycles. The highest BCUT2D eigenvalue weighted by molar-refractivity contribution is 6.34. The number of carboxylic acid groups (broad SMARTS) is 1. The number of hydrogen-bond donors (Lipinski definition) is 3. The van der Waals surface area contributed by atoms with Gasteiger partial charge in [0.15, 0.2) is 0 Å². The predicted molar refractivity (Wildman–Crippen MR) is 72.3 cm³/mol. The number of carbonyl (C=O) groups excluding carboxylic acids is 1. The molecule has 100 valence electrons. The minimum Gasteiger partial charge on any atom is -0.478 e. The summed E-state index contributed by atoms with van der Waals surface area (Å²) in [4.78, 5) is 23.1. The third-order valence-corrected chi connectivity index (χ3v) is 3.25. The van der Waals surface area contributed by atoms with Crippen molar-refractivity contribution in [2.75, 3.05) is 5.32 Å². The van der Waals surface area contributed by atoms with E-state index < -0.39 is 5.97 Å². The summed E-state index contributed by atoms with van der Waals surface area (Å²) in [6, 6.07) is 4.42. The van der Waals surface area contributed by atoms with Crippen molar-refractivity contribution in [3.8, 4) is 0 Å². The number of hydrogen-bond acceptors (Lipinski definition) is 3. The van der Waals surface area contributed by atoms with E-state index in [1.165, 1.54) is 12.1 Å². The number of aromatic carboxylic acids is 1. The van der Waals surface area contributed by atoms with Gasteiger partial charge in [-0.1, -0.05) is 29.8 Å². The van der Waals surface area contributed by atoms with Crippen LogP contribution in [0, 0.1) is 5.92 Å². The number of carboxylic acids is 1. The van der Waals surface area contributed by atoms with Crippen LogP contribution in [0.15, 0.2) is 30.4 Å². The summed E-state index contributed by atoms with van der Waals surface area (Å²) in [6.07, 6.45) is 4.01. The van der Waals surface area contributed by atoms with Crippen LogP contribution in [0.5, 0.6) is 0 Å². The molecule has 19 heavy (non-hydrogen) atoms. The average molecular weight is 281 g/mol. The molecule has 6 heteroatoms. The molecule has 1 aliphatic rings. The minimum atomic E-state index is -1.18. The van der Waals surface area contributed by atoms with Crippen LogP contribution in [-0.4, -0.2) is 23.0 Å². The fourth-order valence-electron chi connectivity index (χ4n) is 1.99. The zero-order valence-electron chi connectivity index (χ0n) is 9.97. The summed E-state index contributed by atoms with van der Waals surface area (Å²) in [6.45, 7) is 0. The zero-order valence-corrected chi connectivity index (χ0v) is 10.7. The van der Waals surface area contributed by atoms with Crippen LogP contribution in [0.3, 0.4) is 0 Å². The first kappa shape index (κ1) is 13.6. The van der Waals surface area contributed by atoms with Crippen LogP contribution in [0.2, 0.25) is 5.02 Å². The molecule has 4 N–H and O–H groups in total. The molecule has 5 nitrogen and oxygen atoms in total. The Hall–Kier alpha value is -1.85. The van der Waals surface area contributed by atoms with Crippen molar-refractivity contribution in [2.45, 2.75) is 12.5 Å². The SMILES string of the molecule is NC1C=CC(C(=O)Nc2cccc(Cl)c2C(=O)O)C1. The summed E-state index contributed by atoms with van der Waals surface area (Å²) in [5.74, 6) is -1.80. The van der Waals surface area contributed by atoms with Gasteiger partial charge in [0.1, 0.15) is 5.56 Å². The third-order valence-electron chi connectivity index (χ3n) is 2.94. The van der Waals surface area contributed by atoms with Crippen molar-refractivity contribution in [1.82, 2.24) is 0 Å². The molecule has 0 spiro atoms. The number of rotatable bonds is 3. The first-order valence-electron chi connectivity index (χ1n) is 5.75. The summed E-state index contributed by atoms with van der Waals surface area (Å²) >= 11 is 5.82. The lowest BCUT2D eigenvalue weighted by Crippen LogP contribution is -2.24. The second-order valence-electron chi connectivity index (χ2n) is 4.35. The van der Waals surface area contributed by atoms with Crippen LogP contribution >= 0.6 is 11.6 Å². The highest BCUT2D eigenvalue weighted by atomic mass is 35.5. The number of benzene rings is 1. The van der Waals surface area contributed by atoms with Gasteiger partial charge in [0.25, 0.3) is 0 Å². The van der Waals surface area contributed by atoms with Gasteiger partial charge in [-0.3, -0.25) is 4.79 Å². The highest BCUT2D eigenvalue weighted by Crippen LogP contribution is 2.26. The van der Waals surface area contributed by atoms with Crippen molar-refractivity contribution in [3.63, 3.8) is 0 Å². The maximum absolute atomic E-state index is 12.0. The van der Waals surface area contributed by atoms with Gasteiger partial charge in [-0.2, -0.15) is 0 Å². The summed E-state index contributed by atoms with van der Waals surface area (Å²) in [7, 11) is 0. The van der Waals surface area contributed by atoms with Gasteiger partial charge in [0.2, 0.25) is 5.91 Å². The van der Waals surface area contributed by atoms with E-state index in [0.29, 0.717) is 6.42 Å². The van der Waals surface area contributed by atoms with Gasteiger partial charge in [-0.25, -0.2) is 4.79 Å². The van der Waals surface area contributed by atoms with Crippen LogP contribution in [0.1, 0.15) is 16.8 Å².